The third-order valence-electron chi connectivity index (χ3n) is 3.61. The molecule has 4 heteroatoms. The van der Waals surface area contributed by atoms with Gasteiger partial charge in [-0.3, -0.25) is 0 Å². The molecule has 1 aromatic heterocycles. The third kappa shape index (κ3) is 3.07. The topological polar surface area (TPSA) is 34.1 Å². The molecule has 0 amide bonds. The molecule has 1 aliphatic rings. The molecule has 0 spiro atoms. The maximum Gasteiger partial charge on any atom is 0.120 e. The van der Waals surface area contributed by atoms with Gasteiger partial charge in [-0.25, -0.2) is 4.98 Å². The number of hydrogen-bond acceptors (Lipinski definition) is 4. The minimum absolute atomic E-state index is 0.700. The molecule has 2 aromatic rings. The number of rotatable bonds is 5. The van der Waals surface area contributed by atoms with Gasteiger partial charge in [-0.1, -0.05) is 12.8 Å². The van der Waals surface area contributed by atoms with Crippen LogP contribution in [0.25, 0.3) is 10.2 Å². The van der Waals surface area contributed by atoms with Crippen LogP contribution in [0.3, 0.4) is 0 Å². The van der Waals surface area contributed by atoms with E-state index >= 15 is 0 Å². The summed E-state index contributed by atoms with van der Waals surface area (Å²) in [6.07, 6.45) is 5.38. The van der Waals surface area contributed by atoms with Crippen molar-refractivity contribution >= 4 is 21.6 Å². The Bertz CT molecular complexity index is 546. The Morgan fingerprint density at radius 2 is 2.21 bits per heavy atom. The van der Waals surface area contributed by atoms with E-state index in [1.165, 1.54) is 35.4 Å². The Kier molecular flexibility index (Phi) is 3.99. The van der Waals surface area contributed by atoms with Gasteiger partial charge in [0.25, 0.3) is 0 Å². The van der Waals surface area contributed by atoms with Crippen LogP contribution in [0.15, 0.2) is 18.2 Å². The van der Waals surface area contributed by atoms with Crippen LogP contribution in [0.5, 0.6) is 5.75 Å². The van der Waals surface area contributed by atoms with Crippen LogP contribution < -0.4 is 10.1 Å². The normalized spacial score (nSPS) is 16.3. The summed E-state index contributed by atoms with van der Waals surface area (Å²) >= 11 is 1.77. The first kappa shape index (κ1) is 12.9. The van der Waals surface area contributed by atoms with Gasteiger partial charge in [0.1, 0.15) is 10.8 Å². The number of nitrogens with one attached hydrogen (secondary N) is 1. The second kappa shape index (κ2) is 5.88. The monoisotopic (exact) mass is 276 g/mol. The number of thiazole rings is 1. The van der Waals surface area contributed by atoms with E-state index in [9.17, 15) is 0 Å². The van der Waals surface area contributed by atoms with Crippen LogP contribution in [0.2, 0.25) is 0 Å². The minimum Gasteiger partial charge on any atom is -0.494 e. The lowest BCUT2D eigenvalue weighted by Crippen LogP contribution is -2.25. The van der Waals surface area contributed by atoms with Crippen LogP contribution in [0, 0.1) is 0 Å². The van der Waals surface area contributed by atoms with Crippen LogP contribution in [0.4, 0.5) is 0 Å². The van der Waals surface area contributed by atoms with E-state index in [1.54, 1.807) is 11.3 Å². The number of aromatic nitrogens is 1. The van der Waals surface area contributed by atoms with Gasteiger partial charge in [0, 0.05) is 12.6 Å². The molecule has 1 heterocycles. The molecule has 102 valence electrons. The van der Waals surface area contributed by atoms with Gasteiger partial charge in [0.2, 0.25) is 0 Å². The molecule has 1 aromatic carbocycles. The number of nitrogens with zero attached hydrogens (tertiary/aromatic N) is 1. The van der Waals surface area contributed by atoms with Crippen molar-refractivity contribution in [2.24, 2.45) is 0 Å². The second-order valence-corrected chi connectivity index (χ2v) is 6.15. The molecule has 1 fully saturated rings. The Labute approximate surface area is 118 Å². The van der Waals surface area contributed by atoms with Gasteiger partial charge in [0.05, 0.1) is 16.8 Å². The van der Waals surface area contributed by atoms with Gasteiger partial charge in [-0.2, -0.15) is 0 Å². The van der Waals surface area contributed by atoms with Crippen molar-refractivity contribution in [3.63, 3.8) is 0 Å². The summed E-state index contributed by atoms with van der Waals surface area (Å²) in [5, 5.41) is 4.79. The van der Waals surface area contributed by atoms with Gasteiger partial charge in [-0.05, 0) is 38.0 Å². The summed E-state index contributed by atoms with van der Waals surface area (Å²) in [5.41, 5.74) is 1.08. The predicted octanol–water partition coefficient (Wildman–Crippen LogP) is 3.73. The highest BCUT2D eigenvalue weighted by molar-refractivity contribution is 7.18. The summed E-state index contributed by atoms with van der Waals surface area (Å²) in [4.78, 5) is 4.68. The molecule has 1 N–H and O–H groups in total. The van der Waals surface area contributed by atoms with Crippen molar-refractivity contribution in [3.05, 3.63) is 23.2 Å². The van der Waals surface area contributed by atoms with E-state index in [1.807, 2.05) is 13.0 Å². The first-order chi connectivity index (χ1) is 9.35. The molecule has 3 rings (SSSR count). The molecule has 0 atom stereocenters. The molecule has 3 nitrogen and oxygen atoms in total. The van der Waals surface area contributed by atoms with Crippen LogP contribution >= 0.6 is 11.3 Å². The standard InChI is InChI=1S/C15H20N2OS/c1-2-18-12-7-8-13-14(9-12)19-15(17-13)10-16-11-5-3-4-6-11/h7-9,11,16H,2-6,10H2,1H3. The second-order valence-electron chi connectivity index (χ2n) is 5.03. The van der Waals surface area contributed by atoms with Gasteiger partial charge in [-0.15, -0.1) is 11.3 Å². The molecular formula is C15H20N2OS. The highest BCUT2D eigenvalue weighted by Crippen LogP contribution is 2.27. The van der Waals surface area contributed by atoms with Gasteiger partial charge in [0.15, 0.2) is 0 Å². The van der Waals surface area contributed by atoms with Crippen LogP contribution in [-0.4, -0.2) is 17.6 Å². The maximum atomic E-state index is 5.53. The Balaban J connectivity index is 1.69. The quantitative estimate of drug-likeness (QED) is 0.903. The lowest BCUT2D eigenvalue weighted by molar-refractivity contribution is 0.341. The first-order valence-electron chi connectivity index (χ1n) is 7.11. The molecule has 1 aliphatic carbocycles. The van der Waals surface area contributed by atoms with Crippen molar-refractivity contribution in [1.82, 2.24) is 10.3 Å². The van der Waals surface area contributed by atoms with E-state index in [2.05, 4.69) is 22.4 Å². The van der Waals surface area contributed by atoms with E-state index in [-0.39, 0.29) is 0 Å². The fraction of sp³-hybridized carbons (Fsp3) is 0.533. The number of benzene rings is 1. The highest BCUT2D eigenvalue weighted by Gasteiger charge is 2.14. The van der Waals surface area contributed by atoms with Crippen LogP contribution in [-0.2, 0) is 6.54 Å². The van der Waals surface area contributed by atoms with Crippen molar-refractivity contribution in [3.8, 4) is 5.75 Å². The summed E-state index contributed by atoms with van der Waals surface area (Å²) in [7, 11) is 0. The van der Waals surface area contributed by atoms with E-state index < -0.39 is 0 Å². The maximum absolute atomic E-state index is 5.53. The minimum atomic E-state index is 0.700. The fourth-order valence-electron chi connectivity index (χ4n) is 2.65. The summed E-state index contributed by atoms with van der Waals surface area (Å²) in [6, 6.07) is 6.84. The largest absolute Gasteiger partial charge is 0.494 e. The van der Waals surface area contributed by atoms with E-state index in [0.29, 0.717) is 12.6 Å². The van der Waals surface area contributed by atoms with Crippen molar-refractivity contribution in [2.75, 3.05) is 6.61 Å². The molecule has 0 radical (unpaired) electrons. The molecule has 0 unspecified atom stereocenters. The molecule has 1 saturated carbocycles. The molecule has 19 heavy (non-hydrogen) atoms. The third-order valence-corrected chi connectivity index (χ3v) is 4.63. The van der Waals surface area contributed by atoms with Crippen molar-refractivity contribution in [2.45, 2.75) is 45.2 Å². The number of fused-ring (bicyclic) bond motifs is 1. The lowest BCUT2D eigenvalue weighted by atomic mass is 10.2. The zero-order chi connectivity index (χ0) is 13.1. The number of ether oxygens (including phenoxy) is 1. The Morgan fingerprint density at radius 3 is 3.00 bits per heavy atom. The van der Waals surface area contributed by atoms with E-state index in [0.717, 1.165) is 17.8 Å². The smallest absolute Gasteiger partial charge is 0.120 e. The predicted molar refractivity (Wildman–Crippen MR) is 79.9 cm³/mol. The first-order valence-corrected chi connectivity index (χ1v) is 7.92. The van der Waals surface area contributed by atoms with Crippen molar-refractivity contribution < 1.29 is 4.74 Å². The molecule has 0 bridgehead atoms. The average Bonchev–Trinajstić information content (AvgIpc) is 3.05. The van der Waals surface area contributed by atoms with Crippen molar-refractivity contribution in [1.29, 1.82) is 0 Å². The summed E-state index contributed by atoms with van der Waals surface area (Å²) in [5.74, 6) is 0.939. The summed E-state index contributed by atoms with van der Waals surface area (Å²) in [6.45, 7) is 3.61. The summed E-state index contributed by atoms with van der Waals surface area (Å²) < 4.78 is 6.74. The zero-order valence-corrected chi connectivity index (χ0v) is 12.1. The molecule has 0 aliphatic heterocycles. The Morgan fingerprint density at radius 1 is 1.37 bits per heavy atom. The number of hydrogen-bond donors (Lipinski definition) is 1. The van der Waals surface area contributed by atoms with Gasteiger partial charge < -0.3 is 10.1 Å². The Hall–Kier alpha value is -1.13. The van der Waals surface area contributed by atoms with E-state index in [4.69, 9.17) is 4.74 Å². The highest BCUT2D eigenvalue weighted by atomic mass is 32.1. The van der Waals surface area contributed by atoms with Crippen LogP contribution in [0.1, 0.15) is 37.6 Å². The molecule has 0 saturated heterocycles. The van der Waals surface area contributed by atoms with Gasteiger partial charge >= 0.3 is 0 Å². The SMILES string of the molecule is CCOc1ccc2nc(CNC3CCCC3)sc2c1. The zero-order valence-electron chi connectivity index (χ0n) is 11.3. The average molecular weight is 276 g/mol. The molecular weight excluding hydrogens is 256 g/mol. The fourth-order valence-corrected chi connectivity index (χ4v) is 3.59. The lowest BCUT2D eigenvalue weighted by Gasteiger charge is -2.09.